The van der Waals surface area contributed by atoms with Gasteiger partial charge in [-0.15, -0.1) is 0 Å². The van der Waals surface area contributed by atoms with Crippen LogP contribution in [0.15, 0.2) is 48.7 Å². The number of rotatable bonds is 9. The molecule has 1 fully saturated rings. The summed E-state index contributed by atoms with van der Waals surface area (Å²) in [5, 5.41) is 7.29. The third-order valence-corrected chi connectivity index (χ3v) is 6.33. The lowest BCUT2D eigenvalue weighted by molar-refractivity contribution is -0.132. The van der Waals surface area contributed by atoms with Gasteiger partial charge < -0.3 is 9.64 Å². The second kappa shape index (κ2) is 11.6. The van der Waals surface area contributed by atoms with Crippen LogP contribution in [0.25, 0.3) is 11.4 Å². The largest absolute Gasteiger partial charge is 0.453 e. The number of hydrogen-bond acceptors (Lipinski definition) is 6. The maximum absolute atomic E-state index is 13.3. The summed E-state index contributed by atoms with van der Waals surface area (Å²) in [5.74, 6) is 1.93. The molecule has 2 amide bonds. The average molecular weight is 477 g/mol. The summed E-state index contributed by atoms with van der Waals surface area (Å²) < 4.78 is 6.53. The highest BCUT2D eigenvalue weighted by Crippen LogP contribution is 2.25. The fourth-order valence-corrected chi connectivity index (χ4v) is 4.53. The number of carbonyl (C=O) groups excluding carboxylic acids is 2. The average Bonchev–Trinajstić information content (AvgIpc) is 3.55. The molecule has 1 aromatic carbocycles. The number of ether oxygens (including phenoxy) is 1. The van der Waals surface area contributed by atoms with E-state index in [0.29, 0.717) is 37.6 Å². The maximum atomic E-state index is 13.3. The molecule has 1 saturated carbocycles. The van der Waals surface area contributed by atoms with Crippen LogP contribution in [0, 0.1) is 0 Å². The summed E-state index contributed by atoms with van der Waals surface area (Å²) in [6.07, 6.45) is 6.56. The van der Waals surface area contributed by atoms with Crippen LogP contribution in [0.5, 0.6) is 0 Å². The van der Waals surface area contributed by atoms with E-state index < -0.39 is 6.09 Å². The van der Waals surface area contributed by atoms with Gasteiger partial charge in [0.2, 0.25) is 5.91 Å². The Kier molecular flexibility index (Phi) is 8.07. The Morgan fingerprint density at radius 3 is 2.66 bits per heavy atom. The molecule has 0 spiro atoms. The summed E-state index contributed by atoms with van der Waals surface area (Å²) in [6, 6.07) is 13.7. The second-order valence-electron chi connectivity index (χ2n) is 8.66. The van der Waals surface area contributed by atoms with E-state index in [-0.39, 0.29) is 11.9 Å². The van der Waals surface area contributed by atoms with Gasteiger partial charge in [-0.2, -0.15) is 5.10 Å². The zero-order valence-corrected chi connectivity index (χ0v) is 20.3. The van der Waals surface area contributed by atoms with Crippen molar-refractivity contribution in [2.24, 2.45) is 0 Å². The van der Waals surface area contributed by atoms with Crippen molar-refractivity contribution in [3.8, 4) is 11.4 Å². The molecule has 0 atom stereocenters. The second-order valence-corrected chi connectivity index (χ2v) is 8.66. The number of nitrogens with one attached hydrogen (secondary N) is 1. The number of pyridine rings is 1. The van der Waals surface area contributed by atoms with Crippen LogP contribution >= 0.6 is 0 Å². The quantitative estimate of drug-likeness (QED) is 0.499. The summed E-state index contributed by atoms with van der Waals surface area (Å²) >= 11 is 0. The Balaban J connectivity index is 1.50. The van der Waals surface area contributed by atoms with Crippen molar-refractivity contribution in [2.75, 3.05) is 19.0 Å². The summed E-state index contributed by atoms with van der Waals surface area (Å²) in [6.45, 7) is 3.21. The minimum Gasteiger partial charge on any atom is -0.453 e. The lowest BCUT2D eigenvalue weighted by Crippen LogP contribution is -2.42. The highest BCUT2D eigenvalue weighted by atomic mass is 16.5. The van der Waals surface area contributed by atoms with Crippen LogP contribution in [-0.2, 0) is 28.9 Å². The van der Waals surface area contributed by atoms with Crippen molar-refractivity contribution >= 4 is 17.8 Å². The molecule has 4 rings (SSSR count). The van der Waals surface area contributed by atoms with Crippen LogP contribution < -0.4 is 5.32 Å². The lowest BCUT2D eigenvalue weighted by Gasteiger charge is -2.29. The van der Waals surface area contributed by atoms with Gasteiger partial charge in [-0.25, -0.2) is 19.4 Å². The number of aromatic nitrogens is 4. The number of aryl methyl sites for hydroxylation is 1. The zero-order chi connectivity index (χ0) is 24.6. The van der Waals surface area contributed by atoms with Gasteiger partial charge in [-0.3, -0.25) is 10.1 Å². The molecule has 184 valence electrons. The summed E-state index contributed by atoms with van der Waals surface area (Å²) in [5.41, 5.74) is 1.78. The molecule has 9 nitrogen and oxygen atoms in total. The van der Waals surface area contributed by atoms with Gasteiger partial charge in [-0.05, 0) is 30.5 Å². The molecule has 1 aliphatic carbocycles. The SMILES string of the molecule is CCc1nc(-c2ccnc(NC(=O)OC)c2)nn1CCN(C(=O)Cc1ccccc1)C1CCCC1. The van der Waals surface area contributed by atoms with Crippen LogP contribution in [0.3, 0.4) is 0 Å². The van der Waals surface area contributed by atoms with E-state index in [4.69, 9.17) is 10.1 Å². The van der Waals surface area contributed by atoms with Crippen LogP contribution in [0.4, 0.5) is 10.6 Å². The lowest BCUT2D eigenvalue weighted by atomic mass is 10.1. The molecule has 9 heteroatoms. The Morgan fingerprint density at radius 2 is 1.94 bits per heavy atom. The molecule has 35 heavy (non-hydrogen) atoms. The van der Waals surface area contributed by atoms with E-state index in [0.717, 1.165) is 42.6 Å². The van der Waals surface area contributed by atoms with Gasteiger partial charge in [0.1, 0.15) is 11.6 Å². The van der Waals surface area contributed by atoms with Crippen molar-refractivity contribution in [2.45, 2.75) is 58.0 Å². The number of anilines is 1. The van der Waals surface area contributed by atoms with E-state index in [1.807, 2.05) is 46.8 Å². The van der Waals surface area contributed by atoms with Gasteiger partial charge in [0, 0.05) is 30.8 Å². The predicted octanol–water partition coefficient (Wildman–Crippen LogP) is 4.09. The monoisotopic (exact) mass is 476 g/mol. The Morgan fingerprint density at radius 1 is 1.17 bits per heavy atom. The van der Waals surface area contributed by atoms with E-state index in [1.54, 1.807) is 18.3 Å². The number of nitrogens with zero attached hydrogens (tertiary/aromatic N) is 5. The molecule has 0 radical (unpaired) electrons. The first-order chi connectivity index (χ1) is 17.1. The number of benzene rings is 1. The third kappa shape index (κ3) is 6.23. The van der Waals surface area contributed by atoms with E-state index >= 15 is 0 Å². The van der Waals surface area contributed by atoms with Crippen molar-refractivity contribution in [3.63, 3.8) is 0 Å². The minimum absolute atomic E-state index is 0.161. The van der Waals surface area contributed by atoms with Gasteiger partial charge in [0.05, 0.1) is 20.1 Å². The smallest absolute Gasteiger partial charge is 0.412 e. The first kappa shape index (κ1) is 24.4. The van der Waals surface area contributed by atoms with Crippen molar-refractivity contribution < 1.29 is 14.3 Å². The first-order valence-corrected chi connectivity index (χ1v) is 12.2. The molecule has 0 bridgehead atoms. The molecule has 1 N–H and O–H groups in total. The topological polar surface area (TPSA) is 102 Å². The van der Waals surface area contributed by atoms with Crippen LogP contribution in [-0.4, -0.2) is 56.3 Å². The van der Waals surface area contributed by atoms with Crippen molar-refractivity contribution in [3.05, 3.63) is 60.0 Å². The number of carbonyl (C=O) groups is 2. The molecule has 0 unspecified atom stereocenters. The fourth-order valence-electron chi connectivity index (χ4n) is 4.53. The van der Waals surface area contributed by atoms with E-state index in [9.17, 15) is 9.59 Å². The molecule has 2 heterocycles. The third-order valence-electron chi connectivity index (χ3n) is 6.33. The molecular formula is C26H32N6O3. The maximum Gasteiger partial charge on any atom is 0.412 e. The standard InChI is InChI=1S/C26H32N6O3/c1-3-23-29-25(20-13-14-27-22(18-20)28-26(34)35-2)30-32(23)16-15-31(21-11-7-8-12-21)24(33)17-19-9-5-4-6-10-19/h4-6,9-10,13-14,18,21H,3,7-8,11-12,15-17H2,1-2H3,(H,27,28,34). The Hall–Kier alpha value is -3.75. The predicted molar refractivity (Wildman–Crippen MR) is 133 cm³/mol. The van der Waals surface area contributed by atoms with Gasteiger partial charge in [-0.1, -0.05) is 50.1 Å². The van der Waals surface area contributed by atoms with E-state index in [2.05, 4.69) is 15.0 Å². The van der Waals surface area contributed by atoms with Crippen molar-refractivity contribution in [1.29, 1.82) is 0 Å². The highest BCUT2D eigenvalue weighted by Gasteiger charge is 2.27. The fraction of sp³-hybridized carbons (Fsp3) is 0.423. The molecule has 2 aromatic heterocycles. The molecule has 0 aliphatic heterocycles. The number of methoxy groups -OCH3 is 1. The van der Waals surface area contributed by atoms with Gasteiger partial charge in [0.25, 0.3) is 0 Å². The number of amides is 2. The summed E-state index contributed by atoms with van der Waals surface area (Å²) in [7, 11) is 1.30. The normalized spacial score (nSPS) is 13.5. The molecule has 0 saturated heterocycles. The van der Waals surface area contributed by atoms with E-state index in [1.165, 1.54) is 7.11 Å². The van der Waals surface area contributed by atoms with Crippen LogP contribution in [0.2, 0.25) is 0 Å². The minimum atomic E-state index is -0.588. The highest BCUT2D eigenvalue weighted by molar-refractivity contribution is 5.84. The molecule has 1 aliphatic rings. The van der Waals surface area contributed by atoms with Gasteiger partial charge >= 0.3 is 6.09 Å². The van der Waals surface area contributed by atoms with Crippen molar-refractivity contribution in [1.82, 2.24) is 24.6 Å². The Labute approximate surface area is 205 Å². The number of hydrogen-bond donors (Lipinski definition) is 1. The summed E-state index contributed by atoms with van der Waals surface area (Å²) in [4.78, 5) is 35.7. The Bertz CT molecular complexity index is 1140. The molecular weight excluding hydrogens is 444 g/mol. The first-order valence-electron chi connectivity index (χ1n) is 12.2. The van der Waals surface area contributed by atoms with Crippen LogP contribution in [0.1, 0.15) is 44.0 Å². The zero-order valence-electron chi connectivity index (χ0n) is 20.3. The van der Waals surface area contributed by atoms with Gasteiger partial charge in [0.15, 0.2) is 5.82 Å². The molecule has 3 aromatic rings.